The maximum atomic E-state index is 13.8. The minimum atomic E-state index is -0.232. The Bertz CT molecular complexity index is 385. The lowest BCUT2D eigenvalue weighted by Crippen LogP contribution is -1.98. The first-order chi connectivity index (χ1) is 7.49. The highest BCUT2D eigenvalue weighted by molar-refractivity contribution is 6.32. The monoisotopic (exact) mass is 240 g/mol. The molecule has 1 aromatic carbocycles. The summed E-state index contributed by atoms with van der Waals surface area (Å²) in [5.74, 6) is 0.176. The molecule has 0 spiro atoms. The third-order valence-electron chi connectivity index (χ3n) is 2.96. The number of hydrogen-bond acceptors (Lipinski definition) is 0. The maximum Gasteiger partial charge on any atom is 0.132 e. The second kappa shape index (κ2) is 5.49. The van der Waals surface area contributed by atoms with Crippen molar-refractivity contribution >= 4 is 17.2 Å². The van der Waals surface area contributed by atoms with Crippen LogP contribution in [0.1, 0.15) is 39.7 Å². The normalized spacial score (nSPS) is 12.9. The molecular weight excluding hydrogens is 223 g/mol. The van der Waals surface area contributed by atoms with Crippen LogP contribution < -0.4 is 0 Å². The van der Waals surface area contributed by atoms with Gasteiger partial charge in [0.15, 0.2) is 0 Å². The van der Waals surface area contributed by atoms with Crippen LogP contribution in [-0.2, 0) is 0 Å². The van der Waals surface area contributed by atoms with E-state index in [9.17, 15) is 4.39 Å². The fourth-order valence-corrected chi connectivity index (χ4v) is 2.06. The van der Waals surface area contributed by atoms with Gasteiger partial charge in [0.05, 0.1) is 5.02 Å². The van der Waals surface area contributed by atoms with E-state index in [1.807, 2.05) is 13.8 Å². The van der Waals surface area contributed by atoms with Crippen molar-refractivity contribution in [1.29, 1.82) is 0 Å². The highest BCUT2D eigenvalue weighted by Crippen LogP contribution is 2.33. The Morgan fingerprint density at radius 3 is 2.44 bits per heavy atom. The van der Waals surface area contributed by atoms with Gasteiger partial charge < -0.3 is 0 Å². The summed E-state index contributed by atoms with van der Waals surface area (Å²) < 4.78 is 13.8. The van der Waals surface area contributed by atoms with Gasteiger partial charge in [0.1, 0.15) is 5.82 Å². The van der Waals surface area contributed by atoms with Gasteiger partial charge in [0.25, 0.3) is 0 Å². The molecule has 0 radical (unpaired) electrons. The molecular formula is C14H18ClF. The Balaban J connectivity index is 3.40. The minimum absolute atomic E-state index is 0.232. The molecule has 0 atom stereocenters. The van der Waals surface area contributed by atoms with Crippen molar-refractivity contribution in [3.63, 3.8) is 0 Å². The van der Waals surface area contributed by atoms with Gasteiger partial charge in [-0.2, -0.15) is 0 Å². The van der Waals surface area contributed by atoms with E-state index in [0.717, 1.165) is 12.0 Å². The van der Waals surface area contributed by atoms with E-state index < -0.39 is 0 Å². The summed E-state index contributed by atoms with van der Waals surface area (Å²) in [7, 11) is 0. The van der Waals surface area contributed by atoms with Gasteiger partial charge in [-0.3, -0.25) is 0 Å². The zero-order valence-electron chi connectivity index (χ0n) is 10.3. The Kier molecular flexibility index (Phi) is 4.55. The summed E-state index contributed by atoms with van der Waals surface area (Å²) in [6.07, 6.45) is 0.796. The summed E-state index contributed by atoms with van der Waals surface area (Å²) in [5.41, 5.74) is 2.80. The number of benzene rings is 1. The topological polar surface area (TPSA) is 0 Å². The lowest BCUT2D eigenvalue weighted by molar-refractivity contribution is 0.622. The SMILES string of the molecule is CC/C(=C(/C)C(C)C)c1c(F)cccc1Cl. The van der Waals surface area contributed by atoms with Crippen molar-refractivity contribution in [3.8, 4) is 0 Å². The molecule has 0 aromatic heterocycles. The van der Waals surface area contributed by atoms with Crippen molar-refractivity contribution in [3.05, 3.63) is 40.2 Å². The highest BCUT2D eigenvalue weighted by atomic mass is 35.5. The number of halogens is 2. The fraction of sp³-hybridized carbons (Fsp3) is 0.429. The van der Waals surface area contributed by atoms with Crippen molar-refractivity contribution < 1.29 is 4.39 Å². The molecule has 1 aromatic rings. The average molecular weight is 241 g/mol. The predicted molar refractivity (Wildman–Crippen MR) is 69.1 cm³/mol. The van der Waals surface area contributed by atoms with Gasteiger partial charge in [-0.1, -0.05) is 44.0 Å². The summed E-state index contributed by atoms with van der Waals surface area (Å²) in [4.78, 5) is 0. The fourth-order valence-electron chi connectivity index (χ4n) is 1.79. The van der Waals surface area contributed by atoms with Crippen LogP contribution in [0.2, 0.25) is 5.02 Å². The van der Waals surface area contributed by atoms with E-state index in [2.05, 4.69) is 13.8 Å². The quantitative estimate of drug-likeness (QED) is 0.671. The molecule has 16 heavy (non-hydrogen) atoms. The van der Waals surface area contributed by atoms with Gasteiger partial charge in [0, 0.05) is 5.56 Å². The average Bonchev–Trinajstić information content (AvgIpc) is 2.22. The van der Waals surface area contributed by atoms with Crippen LogP contribution >= 0.6 is 11.6 Å². The molecule has 0 heterocycles. The Hall–Kier alpha value is -0.820. The molecule has 0 unspecified atom stereocenters. The van der Waals surface area contributed by atoms with E-state index in [1.54, 1.807) is 12.1 Å². The lowest BCUT2D eigenvalue weighted by atomic mass is 9.92. The first-order valence-electron chi connectivity index (χ1n) is 5.63. The number of allylic oxidation sites excluding steroid dienone is 2. The van der Waals surface area contributed by atoms with Gasteiger partial charge >= 0.3 is 0 Å². The van der Waals surface area contributed by atoms with Crippen LogP contribution in [-0.4, -0.2) is 0 Å². The van der Waals surface area contributed by atoms with Crippen molar-refractivity contribution in [2.75, 3.05) is 0 Å². The first-order valence-corrected chi connectivity index (χ1v) is 6.00. The Morgan fingerprint density at radius 2 is 2.00 bits per heavy atom. The number of rotatable bonds is 3. The van der Waals surface area contributed by atoms with E-state index in [1.165, 1.54) is 11.6 Å². The molecule has 0 nitrogen and oxygen atoms in total. The molecule has 88 valence electrons. The molecule has 1 rings (SSSR count). The second-order valence-corrected chi connectivity index (χ2v) is 4.67. The zero-order valence-corrected chi connectivity index (χ0v) is 11.0. The van der Waals surface area contributed by atoms with E-state index in [-0.39, 0.29) is 5.82 Å². The molecule has 0 fully saturated rings. The summed E-state index contributed by atoms with van der Waals surface area (Å²) in [5, 5.41) is 0.497. The van der Waals surface area contributed by atoms with Crippen LogP contribution in [0.25, 0.3) is 5.57 Å². The van der Waals surface area contributed by atoms with E-state index in [4.69, 9.17) is 11.6 Å². The summed E-state index contributed by atoms with van der Waals surface area (Å²) in [6.45, 7) is 8.30. The van der Waals surface area contributed by atoms with Gasteiger partial charge in [-0.15, -0.1) is 0 Å². The minimum Gasteiger partial charge on any atom is -0.206 e. The summed E-state index contributed by atoms with van der Waals surface area (Å²) in [6, 6.07) is 4.84. The van der Waals surface area contributed by atoms with Crippen LogP contribution in [0.15, 0.2) is 23.8 Å². The predicted octanol–water partition coefficient (Wildman–Crippen LogP) is 5.32. The maximum absolute atomic E-state index is 13.8. The standard InChI is InChI=1S/C14H18ClF/c1-5-11(10(4)9(2)3)14-12(15)7-6-8-13(14)16/h6-9H,5H2,1-4H3/b11-10+. The zero-order chi connectivity index (χ0) is 12.3. The van der Waals surface area contributed by atoms with Crippen LogP contribution in [0.3, 0.4) is 0 Å². The van der Waals surface area contributed by atoms with Gasteiger partial charge in [-0.25, -0.2) is 4.39 Å². The molecule has 0 N–H and O–H groups in total. The molecule has 0 aliphatic carbocycles. The van der Waals surface area contributed by atoms with Gasteiger partial charge in [0.2, 0.25) is 0 Å². The smallest absolute Gasteiger partial charge is 0.132 e. The Labute approximate surface area is 102 Å². The number of hydrogen-bond donors (Lipinski definition) is 0. The Morgan fingerprint density at radius 1 is 1.38 bits per heavy atom. The van der Waals surface area contributed by atoms with E-state index in [0.29, 0.717) is 16.5 Å². The lowest BCUT2D eigenvalue weighted by Gasteiger charge is -2.15. The van der Waals surface area contributed by atoms with Crippen LogP contribution in [0.4, 0.5) is 4.39 Å². The third-order valence-corrected chi connectivity index (χ3v) is 3.28. The van der Waals surface area contributed by atoms with Crippen molar-refractivity contribution in [2.45, 2.75) is 34.1 Å². The van der Waals surface area contributed by atoms with Crippen molar-refractivity contribution in [1.82, 2.24) is 0 Å². The second-order valence-electron chi connectivity index (χ2n) is 4.27. The molecule has 0 aliphatic rings. The van der Waals surface area contributed by atoms with Crippen LogP contribution in [0, 0.1) is 11.7 Å². The molecule has 0 saturated heterocycles. The van der Waals surface area contributed by atoms with E-state index >= 15 is 0 Å². The van der Waals surface area contributed by atoms with Crippen molar-refractivity contribution in [2.24, 2.45) is 5.92 Å². The molecule has 2 heteroatoms. The van der Waals surface area contributed by atoms with Gasteiger partial charge in [-0.05, 0) is 37.0 Å². The first kappa shape index (κ1) is 13.2. The highest BCUT2D eigenvalue weighted by Gasteiger charge is 2.14. The van der Waals surface area contributed by atoms with Crippen LogP contribution in [0.5, 0.6) is 0 Å². The summed E-state index contributed by atoms with van der Waals surface area (Å²) >= 11 is 6.08. The largest absolute Gasteiger partial charge is 0.206 e. The molecule has 0 saturated carbocycles. The molecule has 0 amide bonds. The molecule has 0 bridgehead atoms. The molecule has 0 aliphatic heterocycles. The third kappa shape index (κ3) is 2.65.